The summed E-state index contributed by atoms with van der Waals surface area (Å²) in [6.45, 7) is 4.08. The van der Waals surface area contributed by atoms with Gasteiger partial charge in [-0.15, -0.1) is 0 Å². The summed E-state index contributed by atoms with van der Waals surface area (Å²) >= 11 is 0. The molecule has 1 rings (SSSR count). The predicted molar refractivity (Wildman–Crippen MR) is 72.8 cm³/mol. The van der Waals surface area contributed by atoms with Crippen LogP contribution in [-0.4, -0.2) is 30.6 Å². The number of carbonyl (C=O) groups is 1. The summed E-state index contributed by atoms with van der Waals surface area (Å²) in [5.41, 5.74) is 5.98. The van der Waals surface area contributed by atoms with Crippen molar-refractivity contribution in [3.05, 3.63) is 11.9 Å². The Morgan fingerprint density at radius 1 is 1.11 bits per heavy atom. The topological polar surface area (TPSA) is 55.6 Å². The van der Waals surface area contributed by atoms with Crippen LogP contribution >= 0.6 is 0 Å². The van der Waals surface area contributed by atoms with Crippen molar-refractivity contribution in [3.63, 3.8) is 0 Å². The summed E-state index contributed by atoms with van der Waals surface area (Å²) in [5, 5.41) is 0. The van der Waals surface area contributed by atoms with Gasteiger partial charge in [-0.3, -0.25) is 0 Å². The molecule has 4 heteroatoms. The maximum atomic E-state index is 11.4. The normalized spacial score (nSPS) is 19.4. The molecule has 0 radical (unpaired) electrons. The Morgan fingerprint density at radius 2 is 1.61 bits per heavy atom. The lowest BCUT2D eigenvalue weighted by atomic mass is 10.1. The van der Waals surface area contributed by atoms with Crippen molar-refractivity contribution < 1.29 is 9.53 Å². The van der Waals surface area contributed by atoms with Gasteiger partial charge in [-0.25, -0.2) is 4.79 Å². The van der Waals surface area contributed by atoms with Crippen molar-refractivity contribution in [1.82, 2.24) is 4.90 Å². The van der Waals surface area contributed by atoms with E-state index in [0.29, 0.717) is 12.4 Å². The van der Waals surface area contributed by atoms with Gasteiger partial charge in [-0.1, -0.05) is 32.1 Å². The first-order valence-corrected chi connectivity index (χ1v) is 7.13. The molecule has 1 heterocycles. The molecule has 1 saturated heterocycles. The average molecular weight is 254 g/mol. The zero-order chi connectivity index (χ0) is 13.2. The Morgan fingerprint density at radius 3 is 2.11 bits per heavy atom. The summed E-state index contributed by atoms with van der Waals surface area (Å²) < 4.78 is 4.88. The molecule has 0 saturated carbocycles. The fourth-order valence-electron chi connectivity index (χ4n) is 2.26. The van der Waals surface area contributed by atoms with Crippen LogP contribution in [0.1, 0.15) is 51.9 Å². The van der Waals surface area contributed by atoms with E-state index >= 15 is 0 Å². The fourth-order valence-corrected chi connectivity index (χ4v) is 2.26. The number of carbonyl (C=O) groups excluding carboxylic acids is 1. The van der Waals surface area contributed by atoms with Gasteiger partial charge in [0.2, 0.25) is 0 Å². The quantitative estimate of drug-likeness (QED) is 0.620. The van der Waals surface area contributed by atoms with Crippen LogP contribution in [0.2, 0.25) is 0 Å². The van der Waals surface area contributed by atoms with Crippen molar-refractivity contribution in [1.29, 1.82) is 0 Å². The van der Waals surface area contributed by atoms with Crippen LogP contribution in [0.15, 0.2) is 11.9 Å². The second-order valence-electron chi connectivity index (χ2n) is 4.78. The van der Waals surface area contributed by atoms with E-state index in [4.69, 9.17) is 10.5 Å². The lowest BCUT2D eigenvalue weighted by Gasteiger charge is -2.25. The minimum atomic E-state index is -0.341. The van der Waals surface area contributed by atoms with Gasteiger partial charge >= 0.3 is 5.97 Å². The maximum absolute atomic E-state index is 11.4. The molecular weight excluding hydrogens is 228 g/mol. The molecule has 104 valence electrons. The van der Waals surface area contributed by atoms with Crippen molar-refractivity contribution in [2.75, 3.05) is 19.7 Å². The Hall–Kier alpha value is -1.19. The molecule has 1 aliphatic rings. The molecule has 4 nitrogen and oxygen atoms in total. The van der Waals surface area contributed by atoms with E-state index in [2.05, 4.69) is 4.90 Å². The number of hydrogen-bond acceptors (Lipinski definition) is 4. The van der Waals surface area contributed by atoms with Gasteiger partial charge < -0.3 is 15.4 Å². The molecule has 0 aromatic rings. The highest BCUT2D eigenvalue weighted by Gasteiger charge is 2.09. The minimum absolute atomic E-state index is 0.341. The van der Waals surface area contributed by atoms with E-state index in [9.17, 15) is 4.79 Å². The van der Waals surface area contributed by atoms with E-state index in [1.54, 1.807) is 6.92 Å². The Kier molecular flexibility index (Phi) is 7.30. The molecule has 0 aromatic carbocycles. The molecule has 0 bridgehead atoms. The lowest BCUT2D eigenvalue weighted by Crippen LogP contribution is -2.31. The molecule has 0 unspecified atom stereocenters. The van der Waals surface area contributed by atoms with Crippen molar-refractivity contribution in [3.8, 4) is 0 Å². The van der Waals surface area contributed by atoms with Gasteiger partial charge in [0.1, 0.15) is 5.82 Å². The Balaban J connectivity index is 2.50. The number of rotatable bonds is 3. The van der Waals surface area contributed by atoms with E-state index in [1.807, 2.05) is 0 Å². The fraction of sp³-hybridized carbons (Fsp3) is 0.786. The standard InChI is InChI=1S/C14H26N2O2/c1-2-18-14(17)12-13(15)16-10-8-6-4-3-5-7-9-11-16/h12H,2-11,15H2,1H3/b13-12+. The van der Waals surface area contributed by atoms with Gasteiger partial charge in [-0.2, -0.15) is 0 Å². The predicted octanol–water partition coefficient (Wildman–Crippen LogP) is 2.40. The van der Waals surface area contributed by atoms with Crippen molar-refractivity contribution in [2.45, 2.75) is 51.9 Å². The van der Waals surface area contributed by atoms with Gasteiger partial charge in [0, 0.05) is 13.1 Å². The third kappa shape index (κ3) is 5.94. The average Bonchev–Trinajstić information content (AvgIpc) is 2.36. The molecule has 2 N–H and O–H groups in total. The minimum Gasteiger partial charge on any atom is -0.463 e. The molecule has 0 atom stereocenters. The molecular formula is C14H26N2O2. The highest BCUT2D eigenvalue weighted by atomic mass is 16.5. The molecule has 0 aliphatic carbocycles. The number of esters is 1. The van der Waals surface area contributed by atoms with Gasteiger partial charge in [0.05, 0.1) is 12.7 Å². The molecule has 0 amide bonds. The summed E-state index contributed by atoms with van der Waals surface area (Å²) in [6, 6.07) is 0. The number of nitrogens with zero attached hydrogens (tertiary/aromatic N) is 1. The maximum Gasteiger partial charge on any atom is 0.334 e. The number of nitrogens with two attached hydrogens (primary N) is 1. The zero-order valence-electron chi connectivity index (χ0n) is 11.5. The first kappa shape index (κ1) is 14.9. The van der Waals surface area contributed by atoms with Crippen LogP contribution in [0, 0.1) is 0 Å². The first-order chi connectivity index (χ1) is 8.74. The van der Waals surface area contributed by atoms with Crippen LogP contribution in [-0.2, 0) is 9.53 Å². The monoisotopic (exact) mass is 254 g/mol. The zero-order valence-corrected chi connectivity index (χ0v) is 11.5. The van der Waals surface area contributed by atoms with E-state index < -0.39 is 0 Å². The summed E-state index contributed by atoms with van der Waals surface area (Å²) in [6.07, 6.45) is 10.2. The van der Waals surface area contributed by atoms with Crippen LogP contribution < -0.4 is 5.73 Å². The van der Waals surface area contributed by atoms with Crippen LogP contribution in [0.5, 0.6) is 0 Å². The number of hydrogen-bond donors (Lipinski definition) is 1. The lowest BCUT2D eigenvalue weighted by molar-refractivity contribution is -0.137. The SMILES string of the molecule is CCOC(=O)/C=C(\N)N1CCCCCCCCC1. The second-order valence-corrected chi connectivity index (χ2v) is 4.78. The van der Waals surface area contributed by atoms with Gasteiger partial charge in [0.15, 0.2) is 0 Å². The molecule has 1 aliphatic heterocycles. The third-order valence-electron chi connectivity index (χ3n) is 3.27. The molecule has 18 heavy (non-hydrogen) atoms. The Labute approximate surface area is 110 Å². The number of ether oxygens (including phenoxy) is 1. The second kappa shape index (κ2) is 8.84. The summed E-state index contributed by atoms with van der Waals surface area (Å²) in [5.74, 6) is 0.209. The highest BCUT2D eigenvalue weighted by molar-refractivity contribution is 5.82. The molecule has 0 spiro atoms. The van der Waals surface area contributed by atoms with Crippen LogP contribution in [0.4, 0.5) is 0 Å². The molecule has 0 aromatic heterocycles. The largest absolute Gasteiger partial charge is 0.463 e. The van der Waals surface area contributed by atoms with E-state index in [-0.39, 0.29) is 5.97 Å². The summed E-state index contributed by atoms with van der Waals surface area (Å²) in [7, 11) is 0. The summed E-state index contributed by atoms with van der Waals surface area (Å²) in [4.78, 5) is 13.5. The van der Waals surface area contributed by atoms with Crippen molar-refractivity contribution >= 4 is 5.97 Å². The molecule has 1 fully saturated rings. The smallest absolute Gasteiger partial charge is 0.334 e. The van der Waals surface area contributed by atoms with E-state index in [0.717, 1.165) is 25.9 Å². The van der Waals surface area contributed by atoms with Crippen LogP contribution in [0.3, 0.4) is 0 Å². The first-order valence-electron chi connectivity index (χ1n) is 7.13. The van der Waals surface area contributed by atoms with E-state index in [1.165, 1.54) is 38.2 Å². The van der Waals surface area contributed by atoms with Gasteiger partial charge in [0.25, 0.3) is 0 Å². The van der Waals surface area contributed by atoms with Gasteiger partial charge in [-0.05, 0) is 19.8 Å². The third-order valence-corrected chi connectivity index (χ3v) is 3.27. The van der Waals surface area contributed by atoms with Crippen molar-refractivity contribution in [2.24, 2.45) is 5.73 Å². The Bertz CT molecular complexity index is 267. The van der Waals surface area contributed by atoms with Crippen LogP contribution in [0.25, 0.3) is 0 Å². The highest BCUT2D eigenvalue weighted by Crippen LogP contribution is 2.13.